The zero-order valence-electron chi connectivity index (χ0n) is 8.59. The molecule has 0 unspecified atom stereocenters. The van der Waals surface area contributed by atoms with Gasteiger partial charge in [-0.1, -0.05) is 11.6 Å². The molecule has 0 bridgehead atoms. The molecular weight excluding hydrogens is 242 g/mol. The first kappa shape index (κ1) is 11.3. The molecule has 2 aromatic heterocycles. The van der Waals surface area contributed by atoms with Crippen molar-refractivity contribution in [2.24, 2.45) is 0 Å². The molecule has 2 aromatic rings. The maximum absolute atomic E-state index is 10.8. The van der Waals surface area contributed by atoms with E-state index in [-0.39, 0.29) is 10.7 Å². The van der Waals surface area contributed by atoms with Crippen molar-refractivity contribution in [3.05, 3.63) is 47.4 Å². The fraction of sp³-hybridized carbons (Fsp3) is 0. The number of nitrogens with one attached hydrogen (secondary N) is 1. The molecule has 0 radical (unpaired) electrons. The molecule has 0 saturated carbocycles. The predicted molar refractivity (Wildman–Crippen MR) is 63.7 cm³/mol. The number of carboxylic acid groups (broad SMARTS) is 1. The summed E-state index contributed by atoms with van der Waals surface area (Å²) < 4.78 is 0. The fourth-order valence-electron chi connectivity index (χ4n) is 1.27. The Balaban J connectivity index is 2.30. The van der Waals surface area contributed by atoms with E-state index < -0.39 is 5.97 Å². The summed E-state index contributed by atoms with van der Waals surface area (Å²) >= 11 is 5.73. The van der Waals surface area contributed by atoms with Gasteiger partial charge in [0.2, 0.25) is 0 Å². The Hall–Kier alpha value is -2.14. The summed E-state index contributed by atoms with van der Waals surface area (Å²) in [4.78, 5) is 18.7. The summed E-state index contributed by atoms with van der Waals surface area (Å²) in [5.74, 6) is -0.688. The number of pyridine rings is 2. The van der Waals surface area contributed by atoms with Crippen LogP contribution < -0.4 is 5.32 Å². The molecule has 17 heavy (non-hydrogen) atoms. The molecule has 0 saturated heterocycles. The van der Waals surface area contributed by atoms with Crippen molar-refractivity contribution in [1.29, 1.82) is 0 Å². The lowest BCUT2D eigenvalue weighted by Gasteiger charge is -2.06. The summed E-state index contributed by atoms with van der Waals surface area (Å²) in [5, 5.41) is 11.9. The van der Waals surface area contributed by atoms with Gasteiger partial charge >= 0.3 is 5.97 Å². The van der Waals surface area contributed by atoms with E-state index in [2.05, 4.69) is 15.3 Å². The van der Waals surface area contributed by atoms with Crippen molar-refractivity contribution >= 4 is 29.1 Å². The summed E-state index contributed by atoms with van der Waals surface area (Å²) in [6.45, 7) is 0. The van der Waals surface area contributed by atoms with Crippen LogP contribution in [0.4, 0.5) is 11.5 Å². The van der Waals surface area contributed by atoms with Gasteiger partial charge in [0.15, 0.2) is 0 Å². The minimum atomic E-state index is -1.05. The van der Waals surface area contributed by atoms with Gasteiger partial charge in [0.1, 0.15) is 11.0 Å². The molecule has 0 aliphatic rings. The van der Waals surface area contributed by atoms with Crippen LogP contribution in [-0.2, 0) is 0 Å². The average molecular weight is 250 g/mol. The highest BCUT2D eigenvalue weighted by Gasteiger charge is 2.07. The van der Waals surface area contributed by atoms with Crippen molar-refractivity contribution in [3.63, 3.8) is 0 Å². The number of nitrogens with zero attached hydrogens (tertiary/aromatic N) is 2. The lowest BCUT2D eigenvalue weighted by atomic mass is 10.2. The second-order valence-electron chi connectivity index (χ2n) is 3.24. The second-order valence-corrected chi connectivity index (χ2v) is 3.62. The van der Waals surface area contributed by atoms with E-state index in [1.165, 1.54) is 12.1 Å². The van der Waals surface area contributed by atoms with Crippen LogP contribution in [0.15, 0.2) is 36.7 Å². The van der Waals surface area contributed by atoms with E-state index in [1.807, 2.05) is 0 Å². The lowest BCUT2D eigenvalue weighted by molar-refractivity contribution is 0.0697. The maximum atomic E-state index is 10.8. The van der Waals surface area contributed by atoms with E-state index in [4.69, 9.17) is 16.7 Å². The zero-order valence-corrected chi connectivity index (χ0v) is 9.35. The van der Waals surface area contributed by atoms with Crippen molar-refractivity contribution in [2.75, 3.05) is 5.32 Å². The standard InChI is InChI=1S/C11H8ClN3O2/c12-9-4-7(11(16)17)5-10(15-9)14-8-2-1-3-13-6-8/h1-6H,(H,14,15)(H,16,17). The number of hydrogen-bond acceptors (Lipinski definition) is 4. The average Bonchev–Trinajstić information content (AvgIpc) is 2.29. The topological polar surface area (TPSA) is 75.1 Å². The summed E-state index contributed by atoms with van der Waals surface area (Å²) in [7, 11) is 0. The van der Waals surface area contributed by atoms with Crippen molar-refractivity contribution in [2.45, 2.75) is 0 Å². The van der Waals surface area contributed by atoms with Crippen LogP contribution in [0.1, 0.15) is 10.4 Å². The van der Waals surface area contributed by atoms with Crippen LogP contribution in [0.3, 0.4) is 0 Å². The van der Waals surface area contributed by atoms with Crippen LogP contribution in [0.25, 0.3) is 0 Å². The Bertz CT molecular complexity index is 546. The van der Waals surface area contributed by atoms with Crippen LogP contribution >= 0.6 is 11.6 Å². The van der Waals surface area contributed by atoms with Gasteiger partial charge in [-0.3, -0.25) is 4.98 Å². The number of hydrogen-bond donors (Lipinski definition) is 2. The lowest BCUT2D eigenvalue weighted by Crippen LogP contribution is -2.00. The Morgan fingerprint density at radius 3 is 2.88 bits per heavy atom. The second kappa shape index (κ2) is 4.80. The summed E-state index contributed by atoms with van der Waals surface area (Å²) in [6, 6.07) is 6.24. The first-order valence-corrected chi connectivity index (χ1v) is 5.11. The monoisotopic (exact) mass is 249 g/mol. The molecule has 2 N–H and O–H groups in total. The number of carboxylic acids is 1. The van der Waals surface area contributed by atoms with Gasteiger partial charge in [0.05, 0.1) is 17.4 Å². The minimum absolute atomic E-state index is 0.0800. The summed E-state index contributed by atoms with van der Waals surface area (Å²) in [6.07, 6.45) is 3.24. The third-order valence-electron chi connectivity index (χ3n) is 1.97. The number of anilines is 2. The van der Waals surface area contributed by atoms with Crippen LogP contribution in [0, 0.1) is 0 Å². The summed E-state index contributed by atoms with van der Waals surface area (Å²) in [5.41, 5.74) is 0.787. The first-order valence-electron chi connectivity index (χ1n) is 4.73. The Kier molecular flexibility index (Phi) is 3.20. The maximum Gasteiger partial charge on any atom is 0.335 e. The van der Waals surface area contributed by atoms with Gasteiger partial charge in [-0.15, -0.1) is 0 Å². The Morgan fingerprint density at radius 2 is 2.24 bits per heavy atom. The van der Waals surface area contributed by atoms with E-state index in [0.29, 0.717) is 11.5 Å². The number of aromatic carboxylic acids is 1. The highest BCUT2D eigenvalue weighted by molar-refractivity contribution is 6.29. The molecule has 2 heterocycles. The van der Waals surface area contributed by atoms with Crippen LogP contribution in [-0.4, -0.2) is 21.0 Å². The van der Waals surface area contributed by atoms with E-state index in [0.717, 1.165) is 0 Å². The highest BCUT2D eigenvalue weighted by atomic mass is 35.5. The smallest absolute Gasteiger partial charge is 0.335 e. The molecule has 0 aliphatic carbocycles. The van der Waals surface area contributed by atoms with Crippen molar-refractivity contribution in [1.82, 2.24) is 9.97 Å². The molecule has 5 nitrogen and oxygen atoms in total. The molecule has 0 aromatic carbocycles. The number of halogens is 1. The molecule has 0 amide bonds. The van der Waals surface area contributed by atoms with Crippen molar-refractivity contribution < 1.29 is 9.90 Å². The molecule has 0 spiro atoms. The molecular formula is C11H8ClN3O2. The number of rotatable bonds is 3. The quantitative estimate of drug-likeness (QED) is 0.818. The normalized spacial score (nSPS) is 9.94. The largest absolute Gasteiger partial charge is 0.478 e. The van der Waals surface area contributed by atoms with Gasteiger partial charge in [0, 0.05) is 6.20 Å². The zero-order chi connectivity index (χ0) is 12.3. The highest BCUT2D eigenvalue weighted by Crippen LogP contribution is 2.18. The molecule has 6 heteroatoms. The third kappa shape index (κ3) is 2.92. The Morgan fingerprint density at radius 1 is 1.41 bits per heavy atom. The minimum Gasteiger partial charge on any atom is -0.478 e. The number of aromatic nitrogens is 2. The van der Waals surface area contributed by atoms with Gasteiger partial charge in [-0.25, -0.2) is 9.78 Å². The third-order valence-corrected chi connectivity index (χ3v) is 2.17. The van der Waals surface area contributed by atoms with Gasteiger partial charge in [-0.05, 0) is 24.3 Å². The Labute approximate surface area is 102 Å². The predicted octanol–water partition coefficient (Wildman–Crippen LogP) is 2.57. The molecule has 0 aliphatic heterocycles. The molecule has 2 rings (SSSR count). The molecule has 0 atom stereocenters. The van der Waals surface area contributed by atoms with Gasteiger partial charge in [0.25, 0.3) is 0 Å². The van der Waals surface area contributed by atoms with Gasteiger partial charge in [-0.2, -0.15) is 0 Å². The van der Waals surface area contributed by atoms with Crippen LogP contribution in [0.5, 0.6) is 0 Å². The van der Waals surface area contributed by atoms with E-state index >= 15 is 0 Å². The van der Waals surface area contributed by atoms with Gasteiger partial charge < -0.3 is 10.4 Å². The molecule has 0 fully saturated rings. The van der Waals surface area contributed by atoms with E-state index in [9.17, 15) is 4.79 Å². The molecule has 86 valence electrons. The van der Waals surface area contributed by atoms with Crippen molar-refractivity contribution in [3.8, 4) is 0 Å². The van der Waals surface area contributed by atoms with E-state index in [1.54, 1.807) is 24.5 Å². The first-order chi connectivity index (χ1) is 8.15. The fourth-order valence-corrected chi connectivity index (χ4v) is 1.48. The number of carbonyl (C=O) groups is 1. The van der Waals surface area contributed by atoms with Crippen LogP contribution in [0.2, 0.25) is 5.15 Å². The SMILES string of the molecule is O=C(O)c1cc(Cl)nc(Nc2cccnc2)c1.